The van der Waals surface area contributed by atoms with Gasteiger partial charge in [0, 0.05) is 21.5 Å². The molecule has 98 valence electrons. The number of carbonyl (C=O) groups excluding carboxylic acids is 1. The maximum absolute atomic E-state index is 13.5. The van der Waals surface area contributed by atoms with Gasteiger partial charge < -0.3 is 11.5 Å². The van der Waals surface area contributed by atoms with Crippen molar-refractivity contribution in [3.05, 3.63) is 53.6 Å². The number of hydrogen-bond acceptors (Lipinski definition) is 3. The Bertz CT molecular complexity index is 647. The molecule has 2 aromatic carbocycles. The molecule has 6 heteroatoms. The average Bonchev–Trinajstić information content (AvgIpc) is 2.34. The number of rotatable bonds is 3. The predicted octanol–water partition coefficient (Wildman–Crippen LogP) is 2.80. The Hall–Kier alpha value is -2.08. The first-order valence-electron chi connectivity index (χ1n) is 5.29. The zero-order chi connectivity index (χ0) is 14.0. The Labute approximate surface area is 112 Å². The van der Waals surface area contributed by atoms with Gasteiger partial charge in [0.05, 0.1) is 5.56 Å². The predicted molar refractivity (Wildman–Crippen MR) is 69.9 cm³/mol. The maximum atomic E-state index is 13.5. The molecule has 0 spiro atoms. The second-order valence-electron chi connectivity index (χ2n) is 3.80. The molecule has 0 aliphatic rings. The summed E-state index contributed by atoms with van der Waals surface area (Å²) in [6.07, 6.45) is 0. The van der Waals surface area contributed by atoms with Crippen LogP contribution in [0.3, 0.4) is 0 Å². The minimum Gasteiger partial charge on any atom is -0.399 e. The molecule has 0 heterocycles. The van der Waals surface area contributed by atoms with Gasteiger partial charge >= 0.3 is 0 Å². The van der Waals surface area contributed by atoms with E-state index < -0.39 is 17.5 Å². The second kappa shape index (κ2) is 5.27. The summed E-state index contributed by atoms with van der Waals surface area (Å²) < 4.78 is 26.4. The highest BCUT2D eigenvalue weighted by Gasteiger charge is 2.12. The van der Waals surface area contributed by atoms with Gasteiger partial charge in [-0.3, -0.25) is 4.79 Å². The van der Waals surface area contributed by atoms with Gasteiger partial charge in [-0.25, -0.2) is 8.78 Å². The van der Waals surface area contributed by atoms with Gasteiger partial charge in [-0.2, -0.15) is 0 Å². The zero-order valence-corrected chi connectivity index (χ0v) is 10.5. The van der Waals surface area contributed by atoms with Crippen LogP contribution < -0.4 is 11.5 Å². The number of primary amides is 1. The molecule has 0 saturated carbocycles. The van der Waals surface area contributed by atoms with Crippen molar-refractivity contribution < 1.29 is 13.6 Å². The van der Waals surface area contributed by atoms with Gasteiger partial charge in [0.15, 0.2) is 0 Å². The molecule has 3 nitrogen and oxygen atoms in total. The Morgan fingerprint density at radius 2 is 1.74 bits per heavy atom. The number of hydrogen-bond donors (Lipinski definition) is 2. The standard InChI is InChI=1S/C13H10F2N2OS/c14-7-1-3-12(10(15)5-7)19-11-4-2-8(16)6-9(11)13(17)18/h1-6H,16H2,(H2,17,18). The molecule has 0 bridgehead atoms. The fourth-order valence-corrected chi connectivity index (χ4v) is 2.44. The molecule has 0 aliphatic carbocycles. The molecular weight excluding hydrogens is 270 g/mol. The normalized spacial score (nSPS) is 10.4. The van der Waals surface area contributed by atoms with E-state index in [1.165, 1.54) is 12.1 Å². The molecule has 1 amide bonds. The van der Waals surface area contributed by atoms with Crippen molar-refractivity contribution >= 4 is 23.4 Å². The molecule has 0 atom stereocenters. The Morgan fingerprint density at radius 3 is 2.37 bits per heavy atom. The van der Waals surface area contributed by atoms with Crippen LogP contribution in [0.15, 0.2) is 46.2 Å². The first-order valence-corrected chi connectivity index (χ1v) is 6.11. The molecule has 0 radical (unpaired) electrons. The Balaban J connectivity index is 2.40. The molecule has 4 N–H and O–H groups in total. The highest BCUT2D eigenvalue weighted by Crippen LogP contribution is 2.33. The number of anilines is 1. The van der Waals surface area contributed by atoms with E-state index in [1.54, 1.807) is 12.1 Å². The quantitative estimate of drug-likeness (QED) is 0.849. The van der Waals surface area contributed by atoms with Crippen LogP contribution in [0.2, 0.25) is 0 Å². The summed E-state index contributed by atoms with van der Waals surface area (Å²) in [5.41, 5.74) is 11.4. The lowest BCUT2D eigenvalue weighted by atomic mass is 10.2. The Morgan fingerprint density at radius 1 is 1.05 bits per heavy atom. The monoisotopic (exact) mass is 280 g/mol. The smallest absolute Gasteiger partial charge is 0.249 e. The van der Waals surface area contributed by atoms with Crippen LogP contribution in [0.25, 0.3) is 0 Å². The summed E-state index contributed by atoms with van der Waals surface area (Å²) in [7, 11) is 0. The SMILES string of the molecule is NC(=O)c1cc(N)ccc1Sc1ccc(F)cc1F. The minimum atomic E-state index is -0.697. The minimum absolute atomic E-state index is 0.202. The number of nitrogens with two attached hydrogens (primary N) is 2. The van der Waals surface area contributed by atoms with Crippen LogP contribution in [0.5, 0.6) is 0 Å². The summed E-state index contributed by atoms with van der Waals surface area (Å²) in [6.45, 7) is 0. The molecule has 2 rings (SSSR count). The third kappa shape index (κ3) is 3.03. The van der Waals surface area contributed by atoms with Crippen LogP contribution in [0.4, 0.5) is 14.5 Å². The van der Waals surface area contributed by atoms with Gasteiger partial charge in [0.25, 0.3) is 0 Å². The van der Waals surface area contributed by atoms with Crippen LogP contribution in [0, 0.1) is 11.6 Å². The van der Waals surface area contributed by atoms with Crippen LogP contribution in [-0.2, 0) is 0 Å². The topological polar surface area (TPSA) is 69.1 Å². The number of benzene rings is 2. The van der Waals surface area contributed by atoms with Gasteiger partial charge in [0.2, 0.25) is 5.91 Å². The summed E-state index contributed by atoms with van der Waals surface area (Å²) >= 11 is 0.989. The van der Waals surface area contributed by atoms with Gasteiger partial charge in [-0.15, -0.1) is 0 Å². The van der Waals surface area contributed by atoms with Crippen molar-refractivity contribution in [2.24, 2.45) is 5.73 Å². The van der Waals surface area contributed by atoms with Crippen LogP contribution in [0.1, 0.15) is 10.4 Å². The third-order valence-corrected chi connectivity index (χ3v) is 3.51. The summed E-state index contributed by atoms with van der Waals surface area (Å²) in [4.78, 5) is 12.0. The highest BCUT2D eigenvalue weighted by atomic mass is 32.2. The fraction of sp³-hybridized carbons (Fsp3) is 0. The second-order valence-corrected chi connectivity index (χ2v) is 4.88. The van der Waals surface area contributed by atoms with E-state index in [1.807, 2.05) is 0 Å². The molecule has 0 unspecified atom stereocenters. The van der Waals surface area contributed by atoms with E-state index in [2.05, 4.69) is 0 Å². The zero-order valence-electron chi connectivity index (χ0n) is 9.69. The van der Waals surface area contributed by atoms with Gasteiger partial charge in [0.1, 0.15) is 11.6 Å². The number of amides is 1. The van der Waals surface area contributed by atoms with E-state index in [0.717, 1.165) is 23.9 Å². The lowest BCUT2D eigenvalue weighted by molar-refractivity contribution is 0.0997. The van der Waals surface area contributed by atoms with Crippen LogP contribution >= 0.6 is 11.8 Å². The summed E-state index contributed by atoms with van der Waals surface area (Å²) in [5, 5.41) is 0. The number of nitrogen functional groups attached to an aromatic ring is 1. The third-order valence-electron chi connectivity index (χ3n) is 2.38. The molecule has 0 fully saturated rings. The van der Waals surface area contributed by atoms with Gasteiger partial charge in [-0.1, -0.05) is 11.8 Å². The first kappa shape index (κ1) is 13.4. The molecular formula is C13H10F2N2OS. The van der Waals surface area contributed by atoms with E-state index in [4.69, 9.17) is 11.5 Å². The van der Waals surface area contributed by atoms with E-state index in [9.17, 15) is 13.6 Å². The van der Waals surface area contributed by atoms with Crippen molar-refractivity contribution in [3.63, 3.8) is 0 Å². The molecule has 0 aromatic heterocycles. The summed E-state index contributed by atoms with van der Waals surface area (Å²) in [5.74, 6) is -2.01. The van der Waals surface area contributed by atoms with E-state index >= 15 is 0 Å². The molecule has 2 aromatic rings. The molecule has 19 heavy (non-hydrogen) atoms. The maximum Gasteiger partial charge on any atom is 0.249 e. The summed E-state index contributed by atoms with van der Waals surface area (Å²) in [6, 6.07) is 7.80. The molecule has 0 saturated heterocycles. The average molecular weight is 280 g/mol. The van der Waals surface area contributed by atoms with Crippen molar-refractivity contribution in [1.82, 2.24) is 0 Å². The van der Waals surface area contributed by atoms with Crippen molar-refractivity contribution in [1.29, 1.82) is 0 Å². The fourth-order valence-electron chi connectivity index (χ4n) is 1.51. The Kier molecular flexibility index (Phi) is 3.71. The van der Waals surface area contributed by atoms with Gasteiger partial charge in [-0.05, 0) is 30.3 Å². The largest absolute Gasteiger partial charge is 0.399 e. The number of carbonyl (C=O) groups is 1. The van der Waals surface area contributed by atoms with Crippen molar-refractivity contribution in [3.8, 4) is 0 Å². The van der Waals surface area contributed by atoms with Crippen molar-refractivity contribution in [2.75, 3.05) is 5.73 Å². The van der Waals surface area contributed by atoms with Crippen LogP contribution in [-0.4, -0.2) is 5.91 Å². The van der Waals surface area contributed by atoms with E-state index in [-0.39, 0.29) is 10.5 Å². The molecule has 0 aliphatic heterocycles. The highest BCUT2D eigenvalue weighted by molar-refractivity contribution is 7.99. The van der Waals surface area contributed by atoms with Crippen molar-refractivity contribution in [2.45, 2.75) is 9.79 Å². The van der Waals surface area contributed by atoms with E-state index in [0.29, 0.717) is 10.6 Å². The first-order chi connectivity index (χ1) is 8.97. The lowest BCUT2D eigenvalue weighted by Crippen LogP contribution is -2.12. The lowest BCUT2D eigenvalue weighted by Gasteiger charge is -2.08. The number of halogens is 2.